The number of hydrogen-bond acceptors (Lipinski definition) is 6. The molecule has 2 aromatic rings. The molecule has 42 heavy (non-hydrogen) atoms. The molecule has 7 heteroatoms. The highest BCUT2D eigenvalue weighted by Gasteiger charge is 2.44. The summed E-state index contributed by atoms with van der Waals surface area (Å²) >= 11 is 0. The molecule has 6 nitrogen and oxygen atoms in total. The molecule has 3 fully saturated rings. The second-order valence-electron chi connectivity index (χ2n) is 13.4. The van der Waals surface area contributed by atoms with Crippen LogP contribution in [0.1, 0.15) is 113 Å². The van der Waals surface area contributed by atoms with E-state index in [4.69, 9.17) is 15.7 Å². The van der Waals surface area contributed by atoms with Gasteiger partial charge in [0, 0.05) is 49.3 Å². The number of nitrogens with two attached hydrogens (primary N) is 1. The quantitative estimate of drug-likeness (QED) is 0.376. The van der Waals surface area contributed by atoms with Crippen molar-refractivity contribution >= 4 is 11.5 Å². The van der Waals surface area contributed by atoms with E-state index in [1.165, 1.54) is 48.1 Å². The Morgan fingerprint density at radius 1 is 1.12 bits per heavy atom. The van der Waals surface area contributed by atoms with Crippen LogP contribution >= 0.6 is 0 Å². The lowest BCUT2D eigenvalue weighted by molar-refractivity contribution is 0.217. The molecule has 4 atom stereocenters. The number of aryl methyl sites for hydroxylation is 2. The number of nitrogen functional groups attached to an aromatic ring is 1. The van der Waals surface area contributed by atoms with Crippen molar-refractivity contribution in [1.29, 1.82) is 5.26 Å². The van der Waals surface area contributed by atoms with E-state index in [-0.39, 0.29) is 5.54 Å². The lowest BCUT2D eigenvalue weighted by Gasteiger charge is -2.32. The van der Waals surface area contributed by atoms with Crippen LogP contribution in [0.2, 0.25) is 0 Å². The fourth-order valence-electron chi connectivity index (χ4n) is 7.94. The zero-order valence-electron chi connectivity index (χ0n) is 26.2. The molecule has 0 spiro atoms. The molecule has 1 aromatic heterocycles. The second-order valence-corrected chi connectivity index (χ2v) is 13.4. The largest absolute Gasteiger partial charge is 0.399 e. The highest BCUT2D eigenvalue weighted by atomic mass is 19.1. The highest BCUT2D eigenvalue weighted by molar-refractivity contribution is 5.53. The van der Waals surface area contributed by atoms with E-state index in [0.717, 1.165) is 88.3 Å². The lowest BCUT2D eigenvalue weighted by Crippen LogP contribution is -2.34. The molecule has 4 aliphatic rings. The molecule has 2 N–H and O–H groups in total. The number of nitriles is 1. The van der Waals surface area contributed by atoms with Crippen LogP contribution in [0.15, 0.2) is 18.2 Å². The molecule has 3 saturated heterocycles. The van der Waals surface area contributed by atoms with Gasteiger partial charge in [0.2, 0.25) is 0 Å². The number of anilines is 2. The first-order valence-corrected chi connectivity index (χ1v) is 16.6. The van der Waals surface area contributed by atoms with Gasteiger partial charge in [0.25, 0.3) is 0 Å². The van der Waals surface area contributed by atoms with E-state index < -0.39 is 6.17 Å². The molecular weight excluding hydrogens is 523 g/mol. The first-order valence-electron chi connectivity index (χ1n) is 16.6. The van der Waals surface area contributed by atoms with Gasteiger partial charge in [-0.05, 0) is 106 Å². The first kappa shape index (κ1) is 30.7. The summed E-state index contributed by atoms with van der Waals surface area (Å²) in [4.78, 5) is 14.8. The Kier molecular flexibility index (Phi) is 10.0. The molecule has 0 radical (unpaired) electrons. The van der Waals surface area contributed by atoms with E-state index in [2.05, 4.69) is 48.8 Å². The minimum absolute atomic E-state index is 0.236. The number of halogens is 1. The topological polar surface area (TPSA) is 82.1 Å². The van der Waals surface area contributed by atoms with Gasteiger partial charge in [-0.25, -0.2) is 14.4 Å². The van der Waals surface area contributed by atoms with Crippen molar-refractivity contribution in [3.8, 4) is 6.07 Å². The van der Waals surface area contributed by atoms with Gasteiger partial charge in [-0.15, -0.1) is 0 Å². The van der Waals surface area contributed by atoms with Gasteiger partial charge in [-0.3, -0.25) is 4.90 Å². The molecule has 228 valence electrons. The summed E-state index contributed by atoms with van der Waals surface area (Å²) in [6, 6.07) is 8.86. The standard InChI is InChI=1S/C27H37N5.C8H14FN/c1-3-7-20-9-11-22(29)17-24(20)21-10-12-23-25(16-21)30-26(4-2)31-27(23)32-15-6-5-8-19(18-32)13-14-28;1-8-3-2-4-10(8)6-7(9)5-8/h9,11,17,19,21H,3-8,10,12-13,15-16,18,29H2,1-2H3;7H,2-6H2,1H3. The van der Waals surface area contributed by atoms with Gasteiger partial charge in [0.15, 0.2) is 0 Å². The van der Waals surface area contributed by atoms with Gasteiger partial charge in [0.1, 0.15) is 17.8 Å². The summed E-state index contributed by atoms with van der Waals surface area (Å²) in [5, 5.41) is 9.26. The summed E-state index contributed by atoms with van der Waals surface area (Å²) in [7, 11) is 0. The summed E-state index contributed by atoms with van der Waals surface area (Å²) in [5.74, 6) is 3.01. The Balaban J connectivity index is 0.000000295. The van der Waals surface area contributed by atoms with E-state index in [0.29, 0.717) is 24.8 Å². The van der Waals surface area contributed by atoms with Gasteiger partial charge < -0.3 is 10.6 Å². The molecule has 4 heterocycles. The fourth-order valence-corrected chi connectivity index (χ4v) is 7.94. The minimum Gasteiger partial charge on any atom is -0.399 e. The van der Waals surface area contributed by atoms with Crippen LogP contribution in [0.4, 0.5) is 15.9 Å². The maximum atomic E-state index is 12.8. The zero-order chi connectivity index (χ0) is 29.7. The van der Waals surface area contributed by atoms with Crippen molar-refractivity contribution < 1.29 is 4.39 Å². The van der Waals surface area contributed by atoms with Crippen molar-refractivity contribution in [3.05, 3.63) is 46.4 Å². The third-order valence-corrected chi connectivity index (χ3v) is 10.2. The molecule has 1 aliphatic carbocycles. The zero-order valence-corrected chi connectivity index (χ0v) is 26.2. The second kappa shape index (κ2) is 13.7. The molecule has 4 unspecified atom stereocenters. The Morgan fingerprint density at radius 3 is 2.74 bits per heavy atom. The van der Waals surface area contributed by atoms with E-state index in [1.54, 1.807) is 0 Å². The van der Waals surface area contributed by atoms with E-state index in [1.807, 2.05) is 6.07 Å². The number of rotatable bonds is 6. The molecule has 6 rings (SSSR count). The maximum Gasteiger partial charge on any atom is 0.135 e. The van der Waals surface area contributed by atoms with E-state index in [9.17, 15) is 9.65 Å². The third-order valence-electron chi connectivity index (χ3n) is 10.2. The normalized spacial score (nSPS) is 27.4. The monoisotopic (exact) mass is 574 g/mol. The summed E-state index contributed by atoms with van der Waals surface area (Å²) in [6.07, 6.45) is 13.0. The van der Waals surface area contributed by atoms with Crippen LogP contribution in [0, 0.1) is 17.2 Å². The Labute approximate surface area is 252 Å². The molecule has 0 bridgehead atoms. The van der Waals surface area contributed by atoms with Crippen LogP contribution in [-0.4, -0.2) is 52.8 Å². The highest BCUT2D eigenvalue weighted by Crippen LogP contribution is 2.40. The number of aromatic nitrogens is 2. The summed E-state index contributed by atoms with van der Waals surface area (Å²) in [5.41, 5.74) is 12.7. The average molecular weight is 575 g/mol. The van der Waals surface area contributed by atoms with Crippen molar-refractivity contribution in [2.75, 3.05) is 36.8 Å². The molecule has 0 saturated carbocycles. The number of fused-ring (bicyclic) bond motifs is 2. The van der Waals surface area contributed by atoms with Crippen LogP contribution in [0.3, 0.4) is 0 Å². The first-order chi connectivity index (χ1) is 20.3. The Hall–Kier alpha value is -2.72. The molecule has 0 amide bonds. The van der Waals surface area contributed by atoms with Crippen molar-refractivity contribution in [2.45, 2.75) is 122 Å². The Bertz CT molecular complexity index is 1260. The molecular formula is C35H51FN6. The fraction of sp³-hybridized carbons (Fsp3) is 0.686. The number of alkyl halides is 1. The number of hydrogen-bond donors (Lipinski definition) is 1. The van der Waals surface area contributed by atoms with Crippen molar-refractivity contribution in [2.24, 2.45) is 5.92 Å². The average Bonchev–Trinajstić information content (AvgIpc) is 3.35. The SMILES string of the molecule is CC12CCCN1CC(F)C2.CCCc1ccc(N)cc1C1CCc2c(nc(CC)nc2N2CCCCC(CC#N)C2)C1. The van der Waals surface area contributed by atoms with Crippen LogP contribution in [0.5, 0.6) is 0 Å². The summed E-state index contributed by atoms with van der Waals surface area (Å²) < 4.78 is 12.8. The number of nitrogens with zero attached hydrogens (tertiary/aromatic N) is 5. The van der Waals surface area contributed by atoms with Gasteiger partial charge in [0.05, 0.1) is 11.8 Å². The predicted octanol–water partition coefficient (Wildman–Crippen LogP) is 6.95. The minimum atomic E-state index is -0.551. The summed E-state index contributed by atoms with van der Waals surface area (Å²) in [6.45, 7) is 10.4. The van der Waals surface area contributed by atoms with Crippen molar-refractivity contribution in [3.63, 3.8) is 0 Å². The van der Waals surface area contributed by atoms with Gasteiger partial charge >= 0.3 is 0 Å². The third kappa shape index (κ3) is 6.91. The van der Waals surface area contributed by atoms with Gasteiger partial charge in [-0.2, -0.15) is 5.26 Å². The van der Waals surface area contributed by atoms with Crippen LogP contribution < -0.4 is 10.6 Å². The lowest BCUT2D eigenvalue weighted by atomic mass is 9.80. The molecule has 1 aromatic carbocycles. The molecule has 3 aliphatic heterocycles. The van der Waals surface area contributed by atoms with Gasteiger partial charge in [-0.1, -0.05) is 32.8 Å². The van der Waals surface area contributed by atoms with Crippen molar-refractivity contribution in [1.82, 2.24) is 14.9 Å². The predicted molar refractivity (Wildman–Crippen MR) is 170 cm³/mol. The Morgan fingerprint density at radius 2 is 1.98 bits per heavy atom. The van der Waals surface area contributed by atoms with E-state index >= 15 is 0 Å². The number of benzene rings is 1. The van der Waals surface area contributed by atoms with Crippen LogP contribution in [-0.2, 0) is 25.7 Å². The maximum absolute atomic E-state index is 12.8. The smallest absolute Gasteiger partial charge is 0.135 e. The van der Waals surface area contributed by atoms with Crippen LogP contribution in [0.25, 0.3) is 0 Å².